The highest BCUT2D eigenvalue weighted by Crippen LogP contribution is 2.21. The lowest BCUT2D eigenvalue weighted by molar-refractivity contribution is 0.0911. The summed E-state index contributed by atoms with van der Waals surface area (Å²) >= 11 is 0. The van der Waals surface area contributed by atoms with E-state index in [-0.39, 0.29) is 18.6 Å². The number of hydrogen-bond acceptors (Lipinski definition) is 5. The fraction of sp³-hybridized carbons (Fsp3) is 0.273. The maximum Gasteiger partial charge on any atom is 0.269 e. The van der Waals surface area contributed by atoms with Crippen molar-refractivity contribution in [3.05, 3.63) is 65.9 Å². The van der Waals surface area contributed by atoms with Gasteiger partial charge in [0, 0.05) is 25.3 Å². The molecule has 1 aromatic heterocycles. The number of nitrogens with one attached hydrogen (secondary N) is 2. The van der Waals surface area contributed by atoms with Crippen LogP contribution in [0.3, 0.4) is 0 Å². The average molecular weight is 394 g/mol. The van der Waals surface area contributed by atoms with Crippen LogP contribution in [0.1, 0.15) is 16.1 Å². The quantitative estimate of drug-likeness (QED) is 0.546. The molecule has 152 valence electrons. The lowest BCUT2D eigenvalue weighted by Gasteiger charge is -2.17. The molecule has 0 bridgehead atoms. The first-order valence-electron chi connectivity index (χ1n) is 9.38. The number of aromatic amines is 1. The molecule has 0 saturated heterocycles. The van der Waals surface area contributed by atoms with Gasteiger partial charge in [0.15, 0.2) is 0 Å². The number of ether oxygens (including phenoxy) is 1. The van der Waals surface area contributed by atoms with Crippen molar-refractivity contribution in [2.45, 2.75) is 12.5 Å². The Kier molecular flexibility index (Phi) is 6.51. The monoisotopic (exact) mass is 394 g/mol. The number of hydrogen-bond donors (Lipinski definition) is 3. The van der Waals surface area contributed by atoms with Crippen LogP contribution >= 0.6 is 0 Å². The Bertz CT molecular complexity index is 933. The van der Waals surface area contributed by atoms with Gasteiger partial charge >= 0.3 is 0 Å². The molecule has 1 heterocycles. The first-order chi connectivity index (χ1) is 14.0. The third-order valence-electron chi connectivity index (χ3n) is 4.70. The van der Waals surface area contributed by atoms with Crippen LogP contribution in [0.2, 0.25) is 0 Å². The predicted molar refractivity (Wildman–Crippen MR) is 113 cm³/mol. The fourth-order valence-electron chi connectivity index (χ4n) is 2.99. The summed E-state index contributed by atoms with van der Waals surface area (Å²) in [6, 6.07) is 16.8. The average Bonchev–Trinajstić information content (AvgIpc) is 3.24. The second-order valence-corrected chi connectivity index (χ2v) is 7.01. The summed E-state index contributed by atoms with van der Waals surface area (Å²) in [6.07, 6.45) is 0.537. The van der Waals surface area contributed by atoms with Gasteiger partial charge in [-0.05, 0) is 54.4 Å². The fourth-order valence-corrected chi connectivity index (χ4v) is 2.99. The summed E-state index contributed by atoms with van der Waals surface area (Å²) in [6.45, 7) is -0.152. The summed E-state index contributed by atoms with van der Waals surface area (Å²) in [7, 11) is 5.58. The van der Waals surface area contributed by atoms with E-state index in [0.717, 1.165) is 22.6 Å². The Morgan fingerprint density at radius 3 is 2.45 bits per heavy atom. The van der Waals surface area contributed by atoms with Crippen molar-refractivity contribution >= 4 is 11.6 Å². The van der Waals surface area contributed by atoms with E-state index in [4.69, 9.17) is 4.74 Å². The molecule has 1 atom stereocenters. The van der Waals surface area contributed by atoms with Crippen LogP contribution in [0.5, 0.6) is 5.75 Å². The van der Waals surface area contributed by atoms with Gasteiger partial charge in [-0.3, -0.25) is 9.89 Å². The van der Waals surface area contributed by atoms with Crippen molar-refractivity contribution in [3.8, 4) is 17.0 Å². The summed E-state index contributed by atoms with van der Waals surface area (Å²) in [5, 5.41) is 19.5. The van der Waals surface area contributed by atoms with Crippen molar-refractivity contribution in [2.24, 2.45) is 0 Å². The Labute approximate surface area is 170 Å². The van der Waals surface area contributed by atoms with Crippen LogP contribution in [0, 0.1) is 0 Å². The van der Waals surface area contributed by atoms with Gasteiger partial charge in [0.2, 0.25) is 0 Å². The standard InChI is InChI=1S/C22H26N4O3/c1-26(2)18-8-4-15(5-9-18)12-17(14-27)23-22(28)21-13-20(24-25-21)16-6-10-19(29-3)11-7-16/h4-11,13,17,27H,12,14H2,1-3H3,(H,23,28)(H,24,25)/t17-/m1/s1. The highest BCUT2D eigenvalue weighted by molar-refractivity contribution is 5.93. The minimum atomic E-state index is -0.388. The zero-order valence-electron chi connectivity index (χ0n) is 16.8. The molecule has 0 aliphatic rings. The minimum Gasteiger partial charge on any atom is -0.497 e. The molecule has 0 fully saturated rings. The van der Waals surface area contributed by atoms with E-state index in [0.29, 0.717) is 17.8 Å². The Morgan fingerprint density at radius 1 is 1.17 bits per heavy atom. The number of aromatic nitrogens is 2. The normalized spacial score (nSPS) is 11.7. The van der Waals surface area contributed by atoms with Gasteiger partial charge in [-0.2, -0.15) is 5.10 Å². The molecule has 3 aromatic rings. The van der Waals surface area contributed by atoms with Crippen molar-refractivity contribution in [3.63, 3.8) is 0 Å². The number of nitrogens with zero attached hydrogens (tertiary/aromatic N) is 2. The van der Waals surface area contributed by atoms with Crippen molar-refractivity contribution in [1.29, 1.82) is 0 Å². The van der Waals surface area contributed by atoms with Gasteiger partial charge in [0.05, 0.1) is 25.5 Å². The van der Waals surface area contributed by atoms with Crippen molar-refractivity contribution in [2.75, 3.05) is 32.7 Å². The van der Waals surface area contributed by atoms with Gasteiger partial charge in [0.25, 0.3) is 5.91 Å². The van der Waals surface area contributed by atoms with E-state index >= 15 is 0 Å². The smallest absolute Gasteiger partial charge is 0.269 e. The lowest BCUT2D eigenvalue weighted by Crippen LogP contribution is -2.39. The number of methoxy groups -OCH3 is 1. The van der Waals surface area contributed by atoms with E-state index < -0.39 is 0 Å². The van der Waals surface area contributed by atoms with Gasteiger partial charge in [0.1, 0.15) is 11.4 Å². The van der Waals surface area contributed by atoms with Crippen LogP contribution in [0.25, 0.3) is 11.3 Å². The summed E-state index contributed by atoms with van der Waals surface area (Å²) in [5.74, 6) is 0.452. The molecule has 0 aliphatic carbocycles. The summed E-state index contributed by atoms with van der Waals surface area (Å²) in [4.78, 5) is 14.6. The minimum absolute atomic E-state index is 0.152. The predicted octanol–water partition coefficient (Wildman–Crippen LogP) is 2.48. The number of H-pyrrole nitrogens is 1. The van der Waals surface area contributed by atoms with Crippen LogP contribution < -0.4 is 15.0 Å². The van der Waals surface area contributed by atoms with E-state index in [9.17, 15) is 9.90 Å². The van der Waals surface area contributed by atoms with Crippen LogP contribution in [0.4, 0.5) is 5.69 Å². The van der Waals surface area contributed by atoms with Gasteiger partial charge in [-0.1, -0.05) is 12.1 Å². The number of carbonyl (C=O) groups is 1. The first kappa shape index (κ1) is 20.4. The molecule has 3 rings (SSSR count). The second-order valence-electron chi connectivity index (χ2n) is 7.01. The molecule has 2 aromatic carbocycles. The van der Waals surface area contributed by atoms with Crippen LogP contribution in [0.15, 0.2) is 54.6 Å². The highest BCUT2D eigenvalue weighted by atomic mass is 16.5. The molecular formula is C22H26N4O3. The summed E-state index contributed by atoms with van der Waals surface area (Å²) in [5.41, 5.74) is 4.02. The molecule has 3 N–H and O–H groups in total. The van der Waals surface area contributed by atoms with Crippen LogP contribution in [-0.4, -0.2) is 55.1 Å². The molecule has 0 spiro atoms. The molecule has 7 heteroatoms. The molecule has 0 aliphatic heterocycles. The SMILES string of the molecule is COc1ccc(-c2cc(C(=O)N[C@@H](CO)Cc3ccc(N(C)C)cc3)[nH]n2)cc1. The highest BCUT2D eigenvalue weighted by Gasteiger charge is 2.16. The number of anilines is 1. The molecular weight excluding hydrogens is 368 g/mol. The zero-order valence-corrected chi connectivity index (χ0v) is 16.8. The van der Waals surface area contributed by atoms with Crippen LogP contribution in [-0.2, 0) is 6.42 Å². The van der Waals surface area contributed by atoms with E-state index in [1.807, 2.05) is 67.5 Å². The molecule has 0 saturated carbocycles. The third kappa shape index (κ3) is 5.14. The van der Waals surface area contributed by atoms with Crippen molar-refractivity contribution < 1.29 is 14.6 Å². The zero-order chi connectivity index (χ0) is 20.8. The maximum atomic E-state index is 12.6. The number of benzene rings is 2. The van der Waals surface area contributed by atoms with Gasteiger partial charge < -0.3 is 20.1 Å². The van der Waals surface area contributed by atoms with E-state index in [1.54, 1.807) is 13.2 Å². The Hall–Kier alpha value is -3.32. The third-order valence-corrected chi connectivity index (χ3v) is 4.70. The molecule has 0 unspecified atom stereocenters. The molecule has 1 amide bonds. The van der Waals surface area contributed by atoms with Gasteiger partial charge in [-0.15, -0.1) is 0 Å². The van der Waals surface area contributed by atoms with Crippen molar-refractivity contribution in [1.82, 2.24) is 15.5 Å². The number of aliphatic hydroxyl groups excluding tert-OH is 1. The van der Waals surface area contributed by atoms with E-state index in [2.05, 4.69) is 15.5 Å². The molecule has 29 heavy (non-hydrogen) atoms. The lowest BCUT2D eigenvalue weighted by atomic mass is 10.1. The van der Waals surface area contributed by atoms with Gasteiger partial charge in [-0.25, -0.2) is 0 Å². The number of rotatable bonds is 8. The Morgan fingerprint density at radius 2 is 1.86 bits per heavy atom. The van der Waals surface area contributed by atoms with E-state index in [1.165, 1.54) is 0 Å². The first-order valence-corrected chi connectivity index (χ1v) is 9.38. The molecule has 0 radical (unpaired) electrons. The molecule has 7 nitrogen and oxygen atoms in total. The second kappa shape index (κ2) is 9.25. The number of carbonyl (C=O) groups excluding carboxylic acids is 1. The number of aliphatic hydroxyl groups is 1. The number of amides is 1. The Balaban J connectivity index is 1.64. The topological polar surface area (TPSA) is 90.5 Å². The summed E-state index contributed by atoms with van der Waals surface area (Å²) < 4.78 is 5.15. The maximum absolute atomic E-state index is 12.6. The largest absolute Gasteiger partial charge is 0.497 e.